The Morgan fingerprint density at radius 2 is 1.74 bits per heavy atom. The van der Waals surface area contributed by atoms with Gasteiger partial charge >= 0.3 is 6.03 Å². The van der Waals surface area contributed by atoms with Crippen LogP contribution in [0.25, 0.3) is 0 Å². The summed E-state index contributed by atoms with van der Waals surface area (Å²) in [7, 11) is 4.28. The predicted molar refractivity (Wildman–Crippen MR) is 132 cm³/mol. The van der Waals surface area contributed by atoms with E-state index < -0.39 is 16.7 Å². The van der Waals surface area contributed by atoms with E-state index in [1.165, 1.54) is 5.56 Å². The number of urea groups is 1. The van der Waals surface area contributed by atoms with Crippen LogP contribution >= 0.6 is 0 Å². The fourth-order valence-corrected chi connectivity index (χ4v) is 6.31. The van der Waals surface area contributed by atoms with E-state index >= 15 is 0 Å². The smallest absolute Gasteiger partial charge is 0.320 e. The van der Waals surface area contributed by atoms with Gasteiger partial charge in [-0.05, 0) is 72.0 Å². The number of nitrogens with two attached hydrogens (primary N) is 1. The zero-order chi connectivity index (χ0) is 24.8. The van der Waals surface area contributed by atoms with E-state index in [0.717, 1.165) is 44.9 Å². The third kappa shape index (κ3) is 3.96. The first kappa shape index (κ1) is 24.5. The molecule has 2 N–H and O–H groups in total. The molecule has 3 aliphatic rings. The lowest BCUT2D eigenvalue weighted by Gasteiger charge is -2.52. The lowest BCUT2D eigenvalue weighted by molar-refractivity contribution is -0.126. The molecule has 0 aromatic heterocycles. The maximum absolute atomic E-state index is 13.8. The number of carbonyl (C=O) groups is 2. The van der Waals surface area contributed by atoms with Crippen molar-refractivity contribution < 1.29 is 9.59 Å². The molecule has 0 radical (unpaired) electrons. The number of amides is 3. The Balaban J connectivity index is 1.64. The summed E-state index contributed by atoms with van der Waals surface area (Å²) in [6.07, 6.45) is 6.32. The van der Waals surface area contributed by atoms with Crippen LogP contribution in [0.15, 0.2) is 30.3 Å². The van der Waals surface area contributed by atoms with Crippen molar-refractivity contribution in [3.8, 4) is 6.07 Å². The largest absolute Gasteiger partial charge is 0.369 e. The van der Waals surface area contributed by atoms with Crippen LogP contribution in [-0.2, 0) is 10.3 Å². The number of rotatable bonds is 7. The van der Waals surface area contributed by atoms with Crippen molar-refractivity contribution in [2.75, 3.05) is 33.7 Å². The summed E-state index contributed by atoms with van der Waals surface area (Å²) in [4.78, 5) is 31.9. The van der Waals surface area contributed by atoms with Gasteiger partial charge in [0.25, 0.3) is 0 Å². The number of primary amides is 1. The molecular formula is C27H39N5O2. The molecule has 2 saturated carbocycles. The fraction of sp³-hybridized carbons (Fsp3) is 0.667. The highest BCUT2D eigenvalue weighted by Crippen LogP contribution is 2.51. The van der Waals surface area contributed by atoms with Crippen molar-refractivity contribution in [1.29, 1.82) is 5.26 Å². The highest BCUT2D eigenvalue weighted by atomic mass is 16.2. The Morgan fingerprint density at radius 3 is 2.21 bits per heavy atom. The van der Waals surface area contributed by atoms with Gasteiger partial charge in [0.05, 0.1) is 22.4 Å². The lowest BCUT2D eigenvalue weighted by Crippen LogP contribution is -2.57. The maximum atomic E-state index is 13.8. The van der Waals surface area contributed by atoms with Crippen molar-refractivity contribution in [3.05, 3.63) is 35.9 Å². The van der Waals surface area contributed by atoms with Gasteiger partial charge in [0, 0.05) is 25.2 Å². The van der Waals surface area contributed by atoms with Gasteiger partial charge in [-0.1, -0.05) is 36.8 Å². The summed E-state index contributed by atoms with van der Waals surface area (Å²) < 4.78 is 0. The van der Waals surface area contributed by atoms with Crippen LogP contribution in [-0.4, -0.2) is 65.9 Å². The second-order valence-electron chi connectivity index (χ2n) is 11.7. The van der Waals surface area contributed by atoms with Gasteiger partial charge in [-0.2, -0.15) is 5.26 Å². The molecule has 4 rings (SSSR count). The number of carbonyl (C=O) groups excluding carboxylic acids is 2. The highest BCUT2D eigenvalue weighted by Gasteiger charge is 2.57. The van der Waals surface area contributed by atoms with Gasteiger partial charge in [0.1, 0.15) is 0 Å². The van der Waals surface area contributed by atoms with Crippen LogP contribution in [0, 0.1) is 22.2 Å². The first-order valence-electron chi connectivity index (χ1n) is 12.5. The minimum Gasteiger partial charge on any atom is -0.369 e. The monoisotopic (exact) mass is 465 g/mol. The van der Waals surface area contributed by atoms with Gasteiger partial charge in [0.15, 0.2) is 0 Å². The number of nitriles is 1. The van der Waals surface area contributed by atoms with E-state index in [0.29, 0.717) is 19.6 Å². The van der Waals surface area contributed by atoms with Crippen LogP contribution in [0.3, 0.4) is 0 Å². The molecule has 3 amide bonds. The molecule has 0 bridgehead atoms. The van der Waals surface area contributed by atoms with Crippen molar-refractivity contribution in [2.45, 2.75) is 69.9 Å². The SMILES string of the molecule is CN(C)C1(c2ccccc2)CCC2(CC1)CN(CC(C)(C)C(N)=O)C(=O)N2CC1(C#N)CCC1. The third-order valence-corrected chi connectivity index (χ3v) is 9.00. The second kappa shape index (κ2) is 8.57. The zero-order valence-corrected chi connectivity index (χ0v) is 21.1. The van der Waals surface area contributed by atoms with Crippen molar-refractivity contribution in [2.24, 2.45) is 16.6 Å². The molecule has 1 aliphatic heterocycles. The molecule has 1 saturated heterocycles. The number of benzene rings is 1. The van der Waals surface area contributed by atoms with E-state index in [9.17, 15) is 14.9 Å². The summed E-state index contributed by atoms with van der Waals surface area (Å²) in [5.74, 6) is -0.403. The summed E-state index contributed by atoms with van der Waals surface area (Å²) in [5.41, 5.74) is 5.32. The molecule has 0 atom stereocenters. The molecule has 7 nitrogen and oxygen atoms in total. The van der Waals surface area contributed by atoms with Crippen LogP contribution < -0.4 is 5.73 Å². The van der Waals surface area contributed by atoms with E-state index in [1.54, 1.807) is 13.8 Å². The average Bonchev–Trinajstić information content (AvgIpc) is 3.01. The Hall–Kier alpha value is -2.59. The molecule has 7 heteroatoms. The maximum Gasteiger partial charge on any atom is 0.320 e. The summed E-state index contributed by atoms with van der Waals surface area (Å²) in [5, 5.41) is 9.93. The van der Waals surface area contributed by atoms with Crippen LogP contribution in [0.5, 0.6) is 0 Å². The Morgan fingerprint density at radius 1 is 1.12 bits per heavy atom. The number of nitrogens with zero attached hydrogens (tertiary/aromatic N) is 4. The second-order valence-corrected chi connectivity index (χ2v) is 11.7. The van der Waals surface area contributed by atoms with E-state index in [4.69, 9.17) is 5.73 Å². The predicted octanol–water partition coefficient (Wildman–Crippen LogP) is 3.70. The topological polar surface area (TPSA) is 93.7 Å². The Bertz CT molecular complexity index is 968. The van der Waals surface area contributed by atoms with Crippen molar-refractivity contribution >= 4 is 11.9 Å². The van der Waals surface area contributed by atoms with E-state index in [-0.39, 0.29) is 17.1 Å². The van der Waals surface area contributed by atoms with Gasteiger partial charge in [-0.15, -0.1) is 0 Å². The minimum absolute atomic E-state index is 0.0482. The van der Waals surface area contributed by atoms with Gasteiger partial charge in [-0.25, -0.2) is 4.79 Å². The average molecular weight is 466 g/mol. The molecule has 1 aromatic carbocycles. The molecule has 1 aromatic rings. The van der Waals surface area contributed by atoms with Gasteiger partial charge in [0.2, 0.25) is 5.91 Å². The molecule has 184 valence electrons. The van der Waals surface area contributed by atoms with Gasteiger partial charge in [-0.3, -0.25) is 9.69 Å². The van der Waals surface area contributed by atoms with Crippen molar-refractivity contribution in [1.82, 2.24) is 14.7 Å². The standard InChI is InChI=1S/C27H39N5O2/c1-24(2,22(29)33)18-31-20-26(32(23(31)34)19-25(17-28)11-8-12-25)13-15-27(16-14-26,30(3)4)21-9-6-5-7-10-21/h5-7,9-10H,8,11-16,18-20H2,1-4H3,(H2,29,33). The number of hydrogen-bond acceptors (Lipinski definition) is 4. The lowest BCUT2D eigenvalue weighted by atomic mass is 9.66. The van der Waals surface area contributed by atoms with E-state index in [2.05, 4.69) is 49.3 Å². The van der Waals surface area contributed by atoms with E-state index in [1.807, 2.05) is 15.9 Å². The first-order chi connectivity index (χ1) is 16.0. The quantitative estimate of drug-likeness (QED) is 0.664. The first-order valence-corrected chi connectivity index (χ1v) is 12.5. The summed E-state index contributed by atoms with van der Waals surface area (Å²) in [6, 6.07) is 13.1. The fourth-order valence-electron chi connectivity index (χ4n) is 6.31. The molecule has 2 aliphatic carbocycles. The molecule has 1 heterocycles. The minimum atomic E-state index is -0.803. The van der Waals surface area contributed by atoms with Crippen molar-refractivity contribution in [3.63, 3.8) is 0 Å². The molecular weight excluding hydrogens is 426 g/mol. The Kier molecular flexibility index (Phi) is 6.18. The van der Waals surface area contributed by atoms with Gasteiger partial charge < -0.3 is 15.5 Å². The normalized spacial score (nSPS) is 28.8. The molecule has 0 unspecified atom stereocenters. The number of hydrogen-bond donors (Lipinski definition) is 1. The highest BCUT2D eigenvalue weighted by molar-refractivity contribution is 5.83. The van der Waals surface area contributed by atoms with Crippen LogP contribution in [0.1, 0.15) is 64.4 Å². The molecule has 1 spiro atoms. The molecule has 34 heavy (non-hydrogen) atoms. The summed E-state index contributed by atoms with van der Waals surface area (Å²) in [6.45, 7) is 4.97. The van der Waals surface area contributed by atoms with Crippen LogP contribution in [0.4, 0.5) is 4.79 Å². The summed E-state index contributed by atoms with van der Waals surface area (Å²) >= 11 is 0. The Labute approximate surface area is 203 Å². The van der Waals surface area contributed by atoms with Crippen LogP contribution in [0.2, 0.25) is 0 Å². The zero-order valence-electron chi connectivity index (χ0n) is 21.1. The molecule has 3 fully saturated rings. The third-order valence-electron chi connectivity index (χ3n) is 9.00.